The molecule has 20 heavy (non-hydrogen) atoms. The van der Waals surface area contributed by atoms with Crippen molar-refractivity contribution in [2.45, 2.75) is 83.2 Å². The van der Waals surface area contributed by atoms with Gasteiger partial charge in [0, 0.05) is 25.2 Å². The van der Waals surface area contributed by atoms with Crippen molar-refractivity contribution in [3.63, 3.8) is 0 Å². The summed E-state index contributed by atoms with van der Waals surface area (Å²) in [5.41, 5.74) is 0.598. The van der Waals surface area contributed by atoms with Gasteiger partial charge in [0.05, 0.1) is 0 Å². The molecule has 0 unspecified atom stereocenters. The van der Waals surface area contributed by atoms with Crippen molar-refractivity contribution in [3.05, 3.63) is 0 Å². The van der Waals surface area contributed by atoms with Gasteiger partial charge in [0.1, 0.15) is 0 Å². The van der Waals surface area contributed by atoms with Crippen molar-refractivity contribution in [2.75, 3.05) is 20.1 Å². The highest BCUT2D eigenvalue weighted by molar-refractivity contribution is 4.93. The van der Waals surface area contributed by atoms with Crippen molar-refractivity contribution in [1.29, 1.82) is 0 Å². The molecule has 0 spiro atoms. The van der Waals surface area contributed by atoms with E-state index >= 15 is 0 Å². The fraction of sp³-hybridized carbons (Fsp3) is 1.00. The third-order valence-electron chi connectivity index (χ3n) is 6.20. The van der Waals surface area contributed by atoms with Crippen LogP contribution in [0, 0.1) is 11.3 Å². The molecule has 3 aliphatic carbocycles. The van der Waals surface area contributed by atoms with E-state index < -0.39 is 0 Å². The van der Waals surface area contributed by atoms with Crippen LogP contribution in [0.4, 0.5) is 0 Å². The average molecular weight is 278 g/mol. The largest absolute Gasteiger partial charge is 0.313 e. The molecule has 0 aromatic rings. The molecule has 0 aliphatic heterocycles. The Morgan fingerprint density at radius 3 is 2.25 bits per heavy atom. The highest BCUT2D eigenvalue weighted by Gasteiger charge is 2.37. The van der Waals surface area contributed by atoms with E-state index in [-0.39, 0.29) is 0 Å². The molecule has 3 saturated carbocycles. The second-order valence-corrected chi connectivity index (χ2v) is 8.19. The normalized spacial score (nSPS) is 33.8. The Balaban J connectivity index is 1.52. The molecule has 0 radical (unpaired) electrons. The Labute approximate surface area is 125 Å². The van der Waals surface area contributed by atoms with Crippen LogP contribution in [0.3, 0.4) is 0 Å². The molecule has 0 aromatic heterocycles. The van der Waals surface area contributed by atoms with E-state index in [1.807, 2.05) is 0 Å². The fourth-order valence-electron chi connectivity index (χ4n) is 4.51. The van der Waals surface area contributed by atoms with Crippen molar-refractivity contribution in [2.24, 2.45) is 11.3 Å². The second kappa shape index (κ2) is 6.36. The quantitative estimate of drug-likeness (QED) is 0.795. The smallest absolute Gasteiger partial charge is 0.00926 e. The number of rotatable bonds is 6. The summed E-state index contributed by atoms with van der Waals surface area (Å²) in [5.74, 6) is 0.969. The number of nitrogens with zero attached hydrogens (tertiary/aromatic N) is 1. The van der Waals surface area contributed by atoms with Gasteiger partial charge in [0.25, 0.3) is 0 Å². The van der Waals surface area contributed by atoms with Crippen molar-refractivity contribution in [1.82, 2.24) is 10.2 Å². The van der Waals surface area contributed by atoms with Gasteiger partial charge in [-0.05, 0) is 69.7 Å². The molecule has 0 bridgehead atoms. The Bertz CT molecular complexity index is 297. The Hall–Kier alpha value is -0.0800. The lowest BCUT2D eigenvalue weighted by Crippen LogP contribution is -2.46. The standard InChI is InChI=1S/C18H34N2/c1-15-5-9-17(10-6-15)20(2)14-18(11-3-4-12-18)13-19-16-7-8-16/h15-17,19H,3-14H2,1-2H3. The summed E-state index contributed by atoms with van der Waals surface area (Å²) in [5, 5.41) is 3.83. The number of nitrogens with one attached hydrogen (secondary N) is 1. The molecule has 0 heterocycles. The minimum Gasteiger partial charge on any atom is -0.313 e. The minimum atomic E-state index is 0.598. The monoisotopic (exact) mass is 278 g/mol. The highest BCUT2D eigenvalue weighted by atomic mass is 15.1. The lowest BCUT2D eigenvalue weighted by atomic mass is 9.82. The van der Waals surface area contributed by atoms with Crippen molar-refractivity contribution < 1.29 is 0 Å². The molecule has 2 heteroatoms. The van der Waals surface area contributed by atoms with Crippen molar-refractivity contribution >= 4 is 0 Å². The van der Waals surface area contributed by atoms with Gasteiger partial charge >= 0.3 is 0 Å². The number of hydrogen-bond acceptors (Lipinski definition) is 2. The topological polar surface area (TPSA) is 15.3 Å². The molecule has 116 valence electrons. The maximum Gasteiger partial charge on any atom is 0.00926 e. The van der Waals surface area contributed by atoms with E-state index in [2.05, 4.69) is 24.2 Å². The molecule has 0 atom stereocenters. The zero-order valence-corrected chi connectivity index (χ0v) is 13.7. The van der Waals surface area contributed by atoms with E-state index in [0.29, 0.717) is 5.41 Å². The summed E-state index contributed by atoms with van der Waals surface area (Å²) < 4.78 is 0. The van der Waals surface area contributed by atoms with Gasteiger partial charge in [-0.1, -0.05) is 19.8 Å². The summed E-state index contributed by atoms with van der Waals surface area (Å²) in [6.45, 7) is 5.05. The number of hydrogen-bond donors (Lipinski definition) is 1. The first-order valence-electron chi connectivity index (χ1n) is 9.10. The van der Waals surface area contributed by atoms with Crippen LogP contribution in [0.2, 0.25) is 0 Å². The van der Waals surface area contributed by atoms with Crippen LogP contribution >= 0.6 is 0 Å². The molecule has 0 amide bonds. The third-order valence-corrected chi connectivity index (χ3v) is 6.20. The van der Waals surface area contributed by atoms with E-state index in [1.54, 1.807) is 0 Å². The van der Waals surface area contributed by atoms with Gasteiger partial charge < -0.3 is 10.2 Å². The van der Waals surface area contributed by atoms with E-state index in [9.17, 15) is 0 Å². The highest BCUT2D eigenvalue weighted by Crippen LogP contribution is 2.40. The SMILES string of the molecule is CC1CCC(N(C)CC2(CNC3CC3)CCCC2)CC1. The zero-order chi connectivity index (χ0) is 14.0. The van der Waals surface area contributed by atoms with Crippen LogP contribution in [-0.4, -0.2) is 37.1 Å². The maximum absolute atomic E-state index is 3.83. The van der Waals surface area contributed by atoms with Crippen LogP contribution in [0.1, 0.15) is 71.1 Å². The first kappa shape index (κ1) is 14.8. The van der Waals surface area contributed by atoms with Crippen LogP contribution in [0.15, 0.2) is 0 Å². The second-order valence-electron chi connectivity index (χ2n) is 8.19. The summed E-state index contributed by atoms with van der Waals surface area (Å²) in [6.07, 6.45) is 14.4. The first-order chi connectivity index (χ1) is 9.67. The van der Waals surface area contributed by atoms with Gasteiger partial charge in [-0.15, -0.1) is 0 Å². The Morgan fingerprint density at radius 2 is 1.65 bits per heavy atom. The van der Waals surface area contributed by atoms with Crippen molar-refractivity contribution in [3.8, 4) is 0 Å². The molecule has 1 N–H and O–H groups in total. The van der Waals surface area contributed by atoms with E-state index in [0.717, 1.165) is 18.0 Å². The van der Waals surface area contributed by atoms with Gasteiger partial charge in [0.2, 0.25) is 0 Å². The van der Waals surface area contributed by atoms with Gasteiger partial charge in [-0.3, -0.25) is 0 Å². The molecular formula is C18H34N2. The third kappa shape index (κ3) is 3.76. The summed E-state index contributed by atoms with van der Waals surface area (Å²) >= 11 is 0. The average Bonchev–Trinajstić information content (AvgIpc) is 3.17. The summed E-state index contributed by atoms with van der Waals surface area (Å²) in [6, 6.07) is 1.73. The van der Waals surface area contributed by atoms with Crippen LogP contribution in [0.5, 0.6) is 0 Å². The Kier molecular flexibility index (Phi) is 4.72. The van der Waals surface area contributed by atoms with Crippen LogP contribution < -0.4 is 5.32 Å². The van der Waals surface area contributed by atoms with E-state index in [1.165, 1.54) is 77.3 Å². The molecule has 3 aliphatic rings. The fourth-order valence-corrected chi connectivity index (χ4v) is 4.51. The molecule has 3 fully saturated rings. The molecule has 0 aromatic carbocycles. The van der Waals surface area contributed by atoms with Crippen LogP contribution in [-0.2, 0) is 0 Å². The lowest BCUT2D eigenvalue weighted by molar-refractivity contribution is 0.104. The molecule has 3 rings (SSSR count). The summed E-state index contributed by atoms with van der Waals surface area (Å²) in [4.78, 5) is 2.73. The molecule has 2 nitrogen and oxygen atoms in total. The predicted molar refractivity (Wildman–Crippen MR) is 86.0 cm³/mol. The Morgan fingerprint density at radius 1 is 1.00 bits per heavy atom. The predicted octanol–water partition coefficient (Wildman–Crippen LogP) is 3.81. The first-order valence-corrected chi connectivity index (χ1v) is 9.10. The molecule has 0 saturated heterocycles. The van der Waals surface area contributed by atoms with Gasteiger partial charge in [0.15, 0.2) is 0 Å². The van der Waals surface area contributed by atoms with E-state index in [4.69, 9.17) is 0 Å². The minimum absolute atomic E-state index is 0.598. The van der Waals surface area contributed by atoms with Gasteiger partial charge in [-0.2, -0.15) is 0 Å². The van der Waals surface area contributed by atoms with Crippen LogP contribution in [0.25, 0.3) is 0 Å². The zero-order valence-electron chi connectivity index (χ0n) is 13.7. The summed E-state index contributed by atoms with van der Waals surface area (Å²) in [7, 11) is 2.40. The molecular weight excluding hydrogens is 244 g/mol. The maximum atomic E-state index is 3.83. The lowest BCUT2D eigenvalue weighted by Gasteiger charge is -2.40. The van der Waals surface area contributed by atoms with Gasteiger partial charge in [-0.25, -0.2) is 0 Å².